The molecule has 10 nitrogen and oxygen atoms in total. The lowest BCUT2D eigenvalue weighted by Crippen LogP contribution is -2.60. The Kier molecular flexibility index (Phi) is 8.16. The SMILES string of the molecule is CCOC(=O)C1CCc2c(c(OC3OC(CO)C(O)C(O)C3O)c(OC)c3occ(C4CCCCC4)c23)C1. The number of aliphatic hydroxyl groups is 4. The maximum atomic E-state index is 12.7. The fourth-order valence-electron chi connectivity index (χ4n) is 6.30. The van der Waals surface area contributed by atoms with Gasteiger partial charge in [0.05, 0.1) is 32.5 Å². The zero-order valence-corrected chi connectivity index (χ0v) is 21.9. The first-order valence-electron chi connectivity index (χ1n) is 13.7. The number of ether oxygens (including phenoxy) is 4. The first-order chi connectivity index (χ1) is 18.4. The molecule has 1 aromatic heterocycles. The summed E-state index contributed by atoms with van der Waals surface area (Å²) in [5.74, 6) is 0.265. The summed E-state index contributed by atoms with van der Waals surface area (Å²) in [6.45, 7) is 1.48. The van der Waals surface area contributed by atoms with Gasteiger partial charge < -0.3 is 43.8 Å². The Bertz CT molecular complexity index is 1130. The molecule has 6 atom stereocenters. The number of furan rings is 1. The highest BCUT2D eigenvalue weighted by molar-refractivity contribution is 5.94. The monoisotopic (exact) mass is 534 g/mol. The van der Waals surface area contributed by atoms with Crippen LogP contribution in [0.2, 0.25) is 0 Å². The summed E-state index contributed by atoms with van der Waals surface area (Å²) >= 11 is 0. The van der Waals surface area contributed by atoms with Gasteiger partial charge in [0.2, 0.25) is 12.0 Å². The molecule has 0 spiro atoms. The molecule has 6 unspecified atom stereocenters. The van der Waals surface area contributed by atoms with Crippen molar-refractivity contribution in [3.8, 4) is 11.5 Å². The Morgan fingerprint density at radius 3 is 2.47 bits per heavy atom. The second kappa shape index (κ2) is 11.4. The second-order valence-corrected chi connectivity index (χ2v) is 10.6. The van der Waals surface area contributed by atoms with Gasteiger partial charge in [0.1, 0.15) is 24.4 Å². The maximum absolute atomic E-state index is 12.7. The molecular formula is C28H38O10. The van der Waals surface area contributed by atoms with Crippen molar-refractivity contribution in [3.63, 3.8) is 0 Å². The highest BCUT2D eigenvalue weighted by Crippen LogP contribution is 2.50. The van der Waals surface area contributed by atoms with Gasteiger partial charge in [-0.2, -0.15) is 0 Å². The molecule has 38 heavy (non-hydrogen) atoms. The predicted molar refractivity (Wildman–Crippen MR) is 135 cm³/mol. The van der Waals surface area contributed by atoms with Crippen LogP contribution in [0.15, 0.2) is 10.7 Å². The van der Waals surface area contributed by atoms with Gasteiger partial charge in [0.25, 0.3) is 0 Å². The average Bonchev–Trinajstić information content (AvgIpc) is 3.38. The number of aliphatic hydroxyl groups excluding tert-OH is 4. The number of fused-ring (bicyclic) bond motifs is 3. The number of esters is 1. The number of methoxy groups -OCH3 is 1. The number of carbonyl (C=O) groups excluding carboxylic acids is 1. The molecule has 2 fully saturated rings. The van der Waals surface area contributed by atoms with Gasteiger partial charge in [-0.05, 0) is 50.5 Å². The molecule has 2 aromatic rings. The predicted octanol–water partition coefficient (Wildman–Crippen LogP) is 2.34. The van der Waals surface area contributed by atoms with Crippen molar-refractivity contribution in [2.45, 2.75) is 94.9 Å². The van der Waals surface area contributed by atoms with Crippen molar-refractivity contribution < 1.29 is 48.6 Å². The van der Waals surface area contributed by atoms with Gasteiger partial charge >= 0.3 is 5.97 Å². The van der Waals surface area contributed by atoms with Crippen LogP contribution in [0.4, 0.5) is 0 Å². The third-order valence-electron chi connectivity index (χ3n) is 8.32. The van der Waals surface area contributed by atoms with Crippen molar-refractivity contribution in [1.29, 1.82) is 0 Å². The fraction of sp³-hybridized carbons (Fsp3) is 0.679. The van der Waals surface area contributed by atoms with Gasteiger partial charge in [-0.3, -0.25) is 4.79 Å². The molecule has 2 heterocycles. The number of hydrogen-bond acceptors (Lipinski definition) is 10. The van der Waals surface area contributed by atoms with E-state index in [1.165, 1.54) is 26.4 Å². The van der Waals surface area contributed by atoms with E-state index in [0.29, 0.717) is 36.5 Å². The van der Waals surface area contributed by atoms with E-state index in [1.54, 1.807) is 13.2 Å². The van der Waals surface area contributed by atoms with Gasteiger partial charge in [0.15, 0.2) is 11.3 Å². The molecule has 1 saturated carbocycles. The van der Waals surface area contributed by atoms with Crippen LogP contribution in [0.3, 0.4) is 0 Å². The minimum absolute atomic E-state index is 0.248. The van der Waals surface area contributed by atoms with E-state index in [-0.39, 0.29) is 24.2 Å². The highest BCUT2D eigenvalue weighted by Gasteiger charge is 2.46. The number of benzene rings is 1. The van der Waals surface area contributed by atoms with Crippen molar-refractivity contribution >= 4 is 16.9 Å². The molecular weight excluding hydrogens is 496 g/mol. The van der Waals surface area contributed by atoms with Gasteiger partial charge in [-0.25, -0.2) is 0 Å². The van der Waals surface area contributed by atoms with E-state index in [9.17, 15) is 25.2 Å². The van der Waals surface area contributed by atoms with Crippen LogP contribution in [0.25, 0.3) is 11.0 Å². The molecule has 5 rings (SSSR count). The Labute approximate surface area is 221 Å². The number of aryl methyl sites for hydroxylation is 1. The number of carbonyl (C=O) groups is 1. The summed E-state index contributed by atoms with van der Waals surface area (Å²) in [4.78, 5) is 12.7. The number of rotatable bonds is 7. The second-order valence-electron chi connectivity index (χ2n) is 10.6. The molecule has 0 amide bonds. The third kappa shape index (κ3) is 4.77. The van der Waals surface area contributed by atoms with Crippen LogP contribution in [-0.2, 0) is 27.1 Å². The van der Waals surface area contributed by atoms with Gasteiger partial charge in [-0.1, -0.05) is 19.3 Å². The van der Waals surface area contributed by atoms with E-state index in [2.05, 4.69) is 0 Å². The molecule has 210 valence electrons. The topological polar surface area (TPSA) is 148 Å². The van der Waals surface area contributed by atoms with E-state index in [0.717, 1.165) is 34.9 Å². The van der Waals surface area contributed by atoms with Crippen LogP contribution >= 0.6 is 0 Å². The smallest absolute Gasteiger partial charge is 0.309 e. The first-order valence-corrected chi connectivity index (χ1v) is 13.7. The van der Waals surface area contributed by atoms with E-state index in [1.807, 2.05) is 0 Å². The highest BCUT2D eigenvalue weighted by atomic mass is 16.7. The lowest BCUT2D eigenvalue weighted by atomic mass is 9.78. The van der Waals surface area contributed by atoms with Crippen LogP contribution < -0.4 is 9.47 Å². The molecule has 1 aromatic carbocycles. The Morgan fingerprint density at radius 1 is 1.03 bits per heavy atom. The van der Waals surface area contributed by atoms with Gasteiger partial charge in [-0.15, -0.1) is 0 Å². The van der Waals surface area contributed by atoms with Crippen molar-refractivity contribution in [3.05, 3.63) is 23.0 Å². The minimum atomic E-state index is -1.59. The summed E-state index contributed by atoms with van der Waals surface area (Å²) in [5, 5.41) is 41.8. The van der Waals surface area contributed by atoms with E-state index < -0.39 is 37.3 Å². The van der Waals surface area contributed by atoms with Gasteiger partial charge in [0, 0.05) is 16.5 Å². The molecule has 0 radical (unpaired) electrons. The average molecular weight is 535 g/mol. The molecule has 10 heteroatoms. The zero-order valence-electron chi connectivity index (χ0n) is 21.9. The summed E-state index contributed by atoms with van der Waals surface area (Å²) in [7, 11) is 1.50. The van der Waals surface area contributed by atoms with Crippen LogP contribution in [-0.4, -0.2) is 77.4 Å². The number of hydrogen-bond donors (Lipinski definition) is 4. The molecule has 4 N–H and O–H groups in total. The van der Waals surface area contributed by atoms with E-state index >= 15 is 0 Å². The zero-order chi connectivity index (χ0) is 27.0. The van der Waals surface area contributed by atoms with E-state index in [4.69, 9.17) is 23.4 Å². The summed E-state index contributed by atoms with van der Waals surface area (Å²) in [5.41, 5.74) is 3.42. The van der Waals surface area contributed by atoms with Crippen LogP contribution in [0, 0.1) is 5.92 Å². The molecule has 2 aliphatic carbocycles. The Morgan fingerprint density at radius 2 is 1.79 bits per heavy atom. The summed E-state index contributed by atoms with van der Waals surface area (Å²) in [6.07, 6.45) is 1.85. The van der Waals surface area contributed by atoms with Crippen molar-refractivity contribution in [1.82, 2.24) is 0 Å². The van der Waals surface area contributed by atoms with Crippen LogP contribution in [0.5, 0.6) is 11.5 Å². The molecule has 0 bridgehead atoms. The first kappa shape index (κ1) is 27.2. The summed E-state index contributed by atoms with van der Waals surface area (Å²) in [6, 6.07) is 0. The van der Waals surface area contributed by atoms with Crippen molar-refractivity contribution in [2.24, 2.45) is 5.92 Å². The molecule has 3 aliphatic rings. The lowest BCUT2D eigenvalue weighted by Gasteiger charge is -2.40. The Hall–Kier alpha value is -2.37. The van der Waals surface area contributed by atoms with Crippen LogP contribution in [0.1, 0.15) is 68.1 Å². The normalized spacial score (nSPS) is 30.2. The minimum Gasteiger partial charge on any atom is -0.490 e. The largest absolute Gasteiger partial charge is 0.490 e. The lowest BCUT2D eigenvalue weighted by molar-refractivity contribution is -0.277. The van der Waals surface area contributed by atoms with Crippen molar-refractivity contribution in [2.75, 3.05) is 20.3 Å². The quantitative estimate of drug-likeness (QED) is 0.390. The standard InChI is InChI=1S/C28H38O10/c1-3-35-27(33)15-9-10-16-17(11-15)24(38-28-23(32)22(31)21(30)19(12-29)37-28)26(34-2)25-20(16)18(13-36-25)14-7-5-4-6-8-14/h13-15,19,21-23,28-32H,3-12H2,1-2H3. The summed E-state index contributed by atoms with van der Waals surface area (Å²) < 4.78 is 29.1. The fourth-order valence-corrected chi connectivity index (χ4v) is 6.30. The Balaban J connectivity index is 1.62. The molecule has 1 saturated heterocycles. The third-order valence-corrected chi connectivity index (χ3v) is 8.32. The molecule has 1 aliphatic heterocycles. The maximum Gasteiger partial charge on any atom is 0.309 e.